The highest BCUT2D eigenvalue weighted by Gasteiger charge is 2.33. The van der Waals surface area contributed by atoms with E-state index in [0.717, 1.165) is 0 Å². The smallest absolute Gasteiger partial charge is 0.261 e. The topological polar surface area (TPSA) is 100 Å². The number of aromatic nitrogens is 1. The summed E-state index contributed by atoms with van der Waals surface area (Å²) >= 11 is 0. The monoisotopic (exact) mass is 336 g/mol. The molecule has 2 aromatic rings. The van der Waals surface area contributed by atoms with Gasteiger partial charge in [0.1, 0.15) is 11.3 Å². The maximum absolute atomic E-state index is 12.4. The number of aromatic amines is 1. The number of amides is 1. The van der Waals surface area contributed by atoms with Crippen molar-refractivity contribution in [3.63, 3.8) is 0 Å². The van der Waals surface area contributed by atoms with Gasteiger partial charge in [0.25, 0.3) is 11.5 Å². The third kappa shape index (κ3) is 3.07. The normalized spacial score (nSPS) is 19.6. The first kappa shape index (κ1) is 15.5. The van der Waals surface area contributed by atoms with E-state index >= 15 is 0 Å². The Morgan fingerprint density at radius 2 is 2.13 bits per heavy atom. The second-order valence-electron chi connectivity index (χ2n) is 5.57. The molecule has 1 saturated heterocycles. The zero-order valence-corrected chi connectivity index (χ0v) is 13.3. The second-order valence-corrected chi connectivity index (χ2v) is 7.79. The van der Waals surface area contributed by atoms with Crippen molar-refractivity contribution < 1.29 is 17.6 Å². The summed E-state index contributed by atoms with van der Waals surface area (Å²) < 4.78 is 28.3. The highest BCUT2D eigenvalue weighted by atomic mass is 32.2. The molecule has 0 aromatic carbocycles. The Morgan fingerprint density at radius 3 is 2.70 bits per heavy atom. The fourth-order valence-electron chi connectivity index (χ4n) is 2.65. The van der Waals surface area contributed by atoms with Crippen molar-refractivity contribution in [1.29, 1.82) is 0 Å². The number of hydrogen-bond donors (Lipinski definition) is 1. The van der Waals surface area contributed by atoms with Crippen LogP contribution in [0.5, 0.6) is 0 Å². The zero-order chi connectivity index (χ0) is 16.6. The second kappa shape index (κ2) is 5.69. The summed E-state index contributed by atoms with van der Waals surface area (Å²) in [5.41, 5.74) is -0.0774. The molecule has 1 unspecified atom stereocenters. The van der Waals surface area contributed by atoms with Crippen LogP contribution in [0.3, 0.4) is 0 Å². The molecule has 122 valence electrons. The summed E-state index contributed by atoms with van der Waals surface area (Å²) in [5, 5.41) is 0. The molecule has 1 aliphatic rings. The molecule has 1 atom stereocenters. The first-order chi connectivity index (χ1) is 10.9. The lowest BCUT2D eigenvalue weighted by atomic mass is 10.1. The fraction of sp³-hybridized carbons (Fsp3) is 0.333. The summed E-state index contributed by atoms with van der Waals surface area (Å²) in [5.74, 6) is 0.0245. The van der Waals surface area contributed by atoms with Crippen molar-refractivity contribution in [1.82, 2.24) is 9.88 Å². The number of nitrogens with zero attached hydrogens (tertiary/aromatic N) is 1. The summed E-state index contributed by atoms with van der Waals surface area (Å²) in [4.78, 5) is 28.6. The Bertz CT molecular complexity index is 883. The zero-order valence-electron chi connectivity index (χ0n) is 12.5. The molecule has 3 heterocycles. The Labute approximate surface area is 132 Å². The molecule has 0 saturated carbocycles. The SMILES string of the molecule is CN(C(=O)c1ccc(-c2ccco2)[nH]c1=O)C1CCS(=O)(=O)C1. The third-order valence-electron chi connectivity index (χ3n) is 4.00. The van der Waals surface area contributed by atoms with Crippen LogP contribution < -0.4 is 5.56 Å². The fourth-order valence-corrected chi connectivity index (χ4v) is 4.43. The van der Waals surface area contributed by atoms with Gasteiger partial charge in [-0.25, -0.2) is 8.42 Å². The third-order valence-corrected chi connectivity index (χ3v) is 5.75. The molecule has 3 rings (SSSR count). The number of furan rings is 1. The summed E-state index contributed by atoms with van der Waals surface area (Å²) in [6.45, 7) is 0. The standard InChI is InChI=1S/C15H16N2O5S/c1-17(10-6-8-23(20,21)9-10)15(19)11-4-5-12(16-14(11)18)13-3-2-7-22-13/h2-5,7,10H,6,8-9H2,1H3,(H,16,18). The summed E-state index contributed by atoms with van der Waals surface area (Å²) in [6.07, 6.45) is 1.88. The minimum absolute atomic E-state index is 0.0212. The first-order valence-corrected chi connectivity index (χ1v) is 8.94. The van der Waals surface area contributed by atoms with E-state index in [2.05, 4.69) is 4.98 Å². The van der Waals surface area contributed by atoms with Gasteiger partial charge in [0.05, 0.1) is 23.5 Å². The van der Waals surface area contributed by atoms with E-state index in [4.69, 9.17) is 4.42 Å². The average molecular weight is 336 g/mol. The van der Waals surface area contributed by atoms with E-state index in [1.54, 1.807) is 18.2 Å². The molecule has 1 aliphatic heterocycles. The molecule has 2 aromatic heterocycles. The molecule has 0 bridgehead atoms. The average Bonchev–Trinajstić information content (AvgIpc) is 3.15. The van der Waals surface area contributed by atoms with Gasteiger partial charge in [-0.1, -0.05) is 0 Å². The van der Waals surface area contributed by atoms with Crippen LogP contribution in [0.4, 0.5) is 0 Å². The lowest BCUT2D eigenvalue weighted by Gasteiger charge is -2.23. The Morgan fingerprint density at radius 1 is 1.35 bits per heavy atom. The largest absolute Gasteiger partial charge is 0.463 e. The molecule has 0 radical (unpaired) electrons. The molecule has 1 N–H and O–H groups in total. The van der Waals surface area contributed by atoms with Gasteiger partial charge in [-0.15, -0.1) is 0 Å². The minimum atomic E-state index is -3.09. The van der Waals surface area contributed by atoms with Crippen molar-refractivity contribution in [3.05, 3.63) is 46.4 Å². The van der Waals surface area contributed by atoms with Crippen molar-refractivity contribution in [2.75, 3.05) is 18.6 Å². The van der Waals surface area contributed by atoms with Gasteiger partial charge in [0.2, 0.25) is 0 Å². The van der Waals surface area contributed by atoms with Gasteiger partial charge in [0.15, 0.2) is 9.84 Å². The number of sulfone groups is 1. The van der Waals surface area contributed by atoms with Gasteiger partial charge in [-0.2, -0.15) is 0 Å². The molecular formula is C15H16N2O5S. The number of nitrogens with one attached hydrogen (secondary N) is 1. The highest BCUT2D eigenvalue weighted by molar-refractivity contribution is 7.91. The van der Waals surface area contributed by atoms with E-state index in [1.807, 2.05) is 0 Å². The maximum Gasteiger partial charge on any atom is 0.261 e. The van der Waals surface area contributed by atoms with Crippen LogP contribution in [0.25, 0.3) is 11.5 Å². The summed E-state index contributed by atoms with van der Waals surface area (Å²) in [6, 6.07) is 6.02. The molecule has 8 heteroatoms. The van der Waals surface area contributed by atoms with E-state index in [9.17, 15) is 18.0 Å². The number of pyridine rings is 1. The number of H-pyrrole nitrogens is 1. The molecule has 7 nitrogen and oxygen atoms in total. The number of carbonyl (C=O) groups is 1. The van der Waals surface area contributed by atoms with Gasteiger partial charge < -0.3 is 14.3 Å². The van der Waals surface area contributed by atoms with Gasteiger partial charge >= 0.3 is 0 Å². The van der Waals surface area contributed by atoms with Crippen LogP contribution in [0.1, 0.15) is 16.8 Å². The molecule has 0 spiro atoms. The van der Waals surface area contributed by atoms with Crippen LogP contribution >= 0.6 is 0 Å². The predicted octanol–water partition coefficient (Wildman–Crippen LogP) is 0.894. The van der Waals surface area contributed by atoms with Crippen molar-refractivity contribution in [2.45, 2.75) is 12.5 Å². The first-order valence-electron chi connectivity index (χ1n) is 7.12. The van der Waals surface area contributed by atoms with E-state index in [0.29, 0.717) is 17.9 Å². The minimum Gasteiger partial charge on any atom is -0.463 e. The lowest BCUT2D eigenvalue weighted by molar-refractivity contribution is 0.0746. The maximum atomic E-state index is 12.4. The molecular weight excluding hydrogens is 320 g/mol. The molecule has 1 fully saturated rings. The molecule has 23 heavy (non-hydrogen) atoms. The molecule has 1 amide bonds. The number of rotatable bonds is 3. The van der Waals surface area contributed by atoms with Crippen molar-refractivity contribution in [3.8, 4) is 11.5 Å². The Balaban J connectivity index is 1.84. The highest BCUT2D eigenvalue weighted by Crippen LogP contribution is 2.19. The number of carbonyl (C=O) groups excluding carboxylic acids is 1. The van der Waals surface area contributed by atoms with Gasteiger partial charge in [-0.3, -0.25) is 9.59 Å². The van der Waals surface area contributed by atoms with E-state index in [1.165, 1.54) is 24.3 Å². The van der Waals surface area contributed by atoms with Crippen LogP contribution in [0, 0.1) is 0 Å². The summed E-state index contributed by atoms with van der Waals surface area (Å²) in [7, 11) is -1.57. The van der Waals surface area contributed by atoms with Crippen LogP contribution in [-0.4, -0.2) is 48.8 Å². The van der Waals surface area contributed by atoms with Crippen molar-refractivity contribution in [2.24, 2.45) is 0 Å². The van der Waals surface area contributed by atoms with E-state index in [-0.39, 0.29) is 17.1 Å². The Hall–Kier alpha value is -2.35. The van der Waals surface area contributed by atoms with Crippen molar-refractivity contribution >= 4 is 15.7 Å². The molecule has 0 aliphatic carbocycles. The van der Waals surface area contributed by atoms with E-state index < -0.39 is 27.3 Å². The van der Waals surface area contributed by atoms with Crippen LogP contribution in [0.15, 0.2) is 39.7 Å². The quantitative estimate of drug-likeness (QED) is 0.897. The van der Waals surface area contributed by atoms with Gasteiger partial charge in [-0.05, 0) is 30.7 Å². The Kier molecular flexibility index (Phi) is 3.85. The number of hydrogen-bond acceptors (Lipinski definition) is 5. The van der Waals surface area contributed by atoms with Crippen LogP contribution in [0.2, 0.25) is 0 Å². The van der Waals surface area contributed by atoms with Crippen LogP contribution in [-0.2, 0) is 9.84 Å². The lowest BCUT2D eigenvalue weighted by Crippen LogP contribution is -2.40. The predicted molar refractivity (Wildman–Crippen MR) is 83.9 cm³/mol. The van der Waals surface area contributed by atoms with Gasteiger partial charge in [0, 0.05) is 13.1 Å².